The van der Waals surface area contributed by atoms with Crippen molar-refractivity contribution in [3.63, 3.8) is 0 Å². The summed E-state index contributed by atoms with van der Waals surface area (Å²) in [4.78, 5) is 0. The lowest BCUT2D eigenvalue weighted by Gasteiger charge is -2.14. The van der Waals surface area contributed by atoms with Gasteiger partial charge in [-0.05, 0) is 63.3 Å². The largest absolute Gasteiger partial charge is 0.491 e. The molecular weight excluding hydrogens is 246 g/mol. The van der Waals surface area contributed by atoms with Crippen LogP contribution in [-0.2, 0) is 6.42 Å². The van der Waals surface area contributed by atoms with Crippen molar-refractivity contribution in [2.24, 2.45) is 5.92 Å². The first-order valence-electron chi connectivity index (χ1n) is 7.96. The van der Waals surface area contributed by atoms with Gasteiger partial charge in [-0.25, -0.2) is 0 Å². The molecule has 20 heavy (non-hydrogen) atoms. The molecule has 0 aliphatic rings. The molecule has 1 N–H and O–H groups in total. The number of aryl methyl sites for hydroxylation is 1. The highest BCUT2D eigenvalue weighted by molar-refractivity contribution is 5.27. The molecular formula is C18H31NO. The first-order chi connectivity index (χ1) is 9.47. The molecule has 0 saturated carbocycles. The molecule has 2 heteroatoms. The van der Waals surface area contributed by atoms with E-state index in [9.17, 15) is 0 Å². The van der Waals surface area contributed by atoms with Crippen molar-refractivity contribution in [3.8, 4) is 5.75 Å². The second-order valence-corrected chi connectivity index (χ2v) is 6.35. The summed E-state index contributed by atoms with van der Waals surface area (Å²) in [5, 5.41) is 3.48. The lowest BCUT2D eigenvalue weighted by molar-refractivity contribution is 0.242. The van der Waals surface area contributed by atoms with Gasteiger partial charge in [0.2, 0.25) is 0 Å². The lowest BCUT2D eigenvalue weighted by Crippen LogP contribution is -2.24. The fourth-order valence-corrected chi connectivity index (χ4v) is 2.18. The van der Waals surface area contributed by atoms with Crippen LogP contribution in [0.4, 0.5) is 0 Å². The summed E-state index contributed by atoms with van der Waals surface area (Å²) >= 11 is 0. The zero-order valence-corrected chi connectivity index (χ0v) is 13.8. The molecule has 1 aromatic rings. The van der Waals surface area contributed by atoms with E-state index in [0.29, 0.717) is 6.04 Å². The SMILES string of the molecule is CC(CCNC(C)C)CCc1ccc(OC(C)C)cc1. The van der Waals surface area contributed by atoms with Crippen LogP contribution >= 0.6 is 0 Å². The summed E-state index contributed by atoms with van der Waals surface area (Å²) in [6, 6.07) is 9.14. The van der Waals surface area contributed by atoms with Crippen molar-refractivity contribution in [2.75, 3.05) is 6.54 Å². The standard InChI is InChI=1S/C18H31NO/c1-14(2)19-13-12-16(5)6-7-17-8-10-18(11-9-17)20-15(3)4/h8-11,14-16,19H,6-7,12-13H2,1-5H3. The number of hydrogen-bond donors (Lipinski definition) is 1. The summed E-state index contributed by atoms with van der Waals surface area (Å²) in [6.07, 6.45) is 3.91. The summed E-state index contributed by atoms with van der Waals surface area (Å²) in [6.45, 7) is 12.0. The number of benzene rings is 1. The Morgan fingerprint density at radius 2 is 1.60 bits per heavy atom. The Balaban J connectivity index is 2.27. The Morgan fingerprint density at radius 3 is 2.15 bits per heavy atom. The fourth-order valence-electron chi connectivity index (χ4n) is 2.18. The van der Waals surface area contributed by atoms with E-state index in [1.807, 2.05) is 0 Å². The minimum absolute atomic E-state index is 0.245. The third-order valence-electron chi connectivity index (χ3n) is 3.41. The molecule has 0 saturated heterocycles. The summed E-state index contributed by atoms with van der Waals surface area (Å²) in [5.74, 6) is 1.74. The summed E-state index contributed by atoms with van der Waals surface area (Å²) in [7, 11) is 0. The predicted octanol–water partition coefficient (Wildman–Crippen LogP) is 4.43. The molecule has 0 radical (unpaired) electrons. The minimum atomic E-state index is 0.245. The molecule has 1 rings (SSSR count). The molecule has 1 aromatic carbocycles. The maximum absolute atomic E-state index is 5.66. The van der Waals surface area contributed by atoms with E-state index in [2.05, 4.69) is 64.2 Å². The van der Waals surface area contributed by atoms with Crippen LogP contribution in [0.1, 0.15) is 53.0 Å². The van der Waals surface area contributed by atoms with Gasteiger partial charge in [-0.15, -0.1) is 0 Å². The molecule has 0 spiro atoms. The Morgan fingerprint density at radius 1 is 0.950 bits per heavy atom. The molecule has 1 unspecified atom stereocenters. The van der Waals surface area contributed by atoms with E-state index in [-0.39, 0.29) is 6.10 Å². The molecule has 0 heterocycles. The van der Waals surface area contributed by atoms with Gasteiger partial charge in [0.05, 0.1) is 6.10 Å². The van der Waals surface area contributed by atoms with Gasteiger partial charge in [0.1, 0.15) is 5.75 Å². The molecule has 0 fully saturated rings. The van der Waals surface area contributed by atoms with Crippen LogP contribution in [-0.4, -0.2) is 18.7 Å². The molecule has 1 atom stereocenters. The van der Waals surface area contributed by atoms with E-state index >= 15 is 0 Å². The summed E-state index contributed by atoms with van der Waals surface area (Å²) < 4.78 is 5.66. The Hall–Kier alpha value is -1.02. The highest BCUT2D eigenvalue weighted by Gasteiger charge is 2.04. The van der Waals surface area contributed by atoms with E-state index in [0.717, 1.165) is 24.6 Å². The minimum Gasteiger partial charge on any atom is -0.491 e. The molecule has 0 aliphatic heterocycles. The maximum Gasteiger partial charge on any atom is 0.119 e. The maximum atomic E-state index is 5.66. The van der Waals surface area contributed by atoms with Crippen LogP contribution in [0.25, 0.3) is 0 Å². The Labute approximate surface area is 124 Å². The molecule has 0 aromatic heterocycles. The zero-order chi connectivity index (χ0) is 15.0. The average Bonchev–Trinajstić information content (AvgIpc) is 2.37. The van der Waals surface area contributed by atoms with Crippen LogP contribution in [0.2, 0.25) is 0 Å². The zero-order valence-electron chi connectivity index (χ0n) is 13.8. The smallest absolute Gasteiger partial charge is 0.119 e. The van der Waals surface area contributed by atoms with Crippen molar-refractivity contribution in [1.29, 1.82) is 0 Å². The van der Waals surface area contributed by atoms with Crippen LogP contribution in [0.15, 0.2) is 24.3 Å². The molecule has 0 bridgehead atoms. The van der Waals surface area contributed by atoms with Crippen LogP contribution in [0.3, 0.4) is 0 Å². The first-order valence-corrected chi connectivity index (χ1v) is 7.96. The first kappa shape index (κ1) is 17.0. The van der Waals surface area contributed by atoms with Crippen molar-refractivity contribution < 1.29 is 4.74 Å². The third-order valence-corrected chi connectivity index (χ3v) is 3.41. The van der Waals surface area contributed by atoms with E-state index in [1.54, 1.807) is 0 Å². The van der Waals surface area contributed by atoms with Gasteiger partial charge in [-0.1, -0.05) is 32.9 Å². The second-order valence-electron chi connectivity index (χ2n) is 6.35. The van der Waals surface area contributed by atoms with E-state index in [4.69, 9.17) is 4.74 Å². The van der Waals surface area contributed by atoms with Crippen molar-refractivity contribution >= 4 is 0 Å². The molecule has 0 amide bonds. The van der Waals surface area contributed by atoms with Gasteiger partial charge in [-0.3, -0.25) is 0 Å². The second kappa shape index (κ2) is 9.02. The Kier molecular flexibility index (Phi) is 7.68. The lowest BCUT2D eigenvalue weighted by atomic mass is 9.98. The highest BCUT2D eigenvalue weighted by Crippen LogP contribution is 2.17. The topological polar surface area (TPSA) is 21.3 Å². The Bertz CT molecular complexity index is 356. The van der Waals surface area contributed by atoms with E-state index < -0.39 is 0 Å². The van der Waals surface area contributed by atoms with Gasteiger partial charge < -0.3 is 10.1 Å². The normalized spacial score (nSPS) is 12.9. The van der Waals surface area contributed by atoms with Crippen molar-refractivity contribution in [2.45, 2.75) is 66.0 Å². The monoisotopic (exact) mass is 277 g/mol. The fraction of sp³-hybridized carbons (Fsp3) is 0.667. The number of ether oxygens (including phenoxy) is 1. The quantitative estimate of drug-likeness (QED) is 0.721. The van der Waals surface area contributed by atoms with Crippen molar-refractivity contribution in [3.05, 3.63) is 29.8 Å². The van der Waals surface area contributed by atoms with Gasteiger partial charge in [-0.2, -0.15) is 0 Å². The van der Waals surface area contributed by atoms with Gasteiger partial charge in [0, 0.05) is 6.04 Å². The number of hydrogen-bond acceptors (Lipinski definition) is 2. The van der Waals surface area contributed by atoms with E-state index in [1.165, 1.54) is 18.4 Å². The van der Waals surface area contributed by atoms with Crippen LogP contribution in [0.5, 0.6) is 5.75 Å². The van der Waals surface area contributed by atoms with Crippen LogP contribution in [0, 0.1) is 5.92 Å². The van der Waals surface area contributed by atoms with Gasteiger partial charge in [0.25, 0.3) is 0 Å². The molecule has 0 aliphatic carbocycles. The average molecular weight is 277 g/mol. The molecule has 114 valence electrons. The predicted molar refractivity (Wildman–Crippen MR) is 87.4 cm³/mol. The highest BCUT2D eigenvalue weighted by atomic mass is 16.5. The molecule has 2 nitrogen and oxygen atoms in total. The van der Waals surface area contributed by atoms with Gasteiger partial charge in [0.15, 0.2) is 0 Å². The van der Waals surface area contributed by atoms with Crippen molar-refractivity contribution in [1.82, 2.24) is 5.32 Å². The number of rotatable bonds is 9. The van der Waals surface area contributed by atoms with Crippen LogP contribution < -0.4 is 10.1 Å². The van der Waals surface area contributed by atoms with Gasteiger partial charge >= 0.3 is 0 Å². The third kappa shape index (κ3) is 7.54. The number of nitrogens with one attached hydrogen (secondary N) is 1. The summed E-state index contributed by atoms with van der Waals surface area (Å²) in [5.41, 5.74) is 1.41.